The van der Waals surface area contributed by atoms with Crippen LogP contribution in [0.2, 0.25) is 0 Å². The van der Waals surface area contributed by atoms with Gasteiger partial charge in [0.15, 0.2) is 11.9 Å². The number of anilines is 1. The summed E-state index contributed by atoms with van der Waals surface area (Å²) in [4.78, 5) is 29.6. The van der Waals surface area contributed by atoms with Gasteiger partial charge in [-0.15, -0.1) is 4.40 Å². The topological polar surface area (TPSA) is 108 Å². The van der Waals surface area contributed by atoms with E-state index in [0.29, 0.717) is 42.3 Å². The number of amidine groups is 1. The second-order valence-electron chi connectivity index (χ2n) is 8.31. The average molecular weight is 469 g/mol. The molecule has 0 aromatic heterocycles. The van der Waals surface area contributed by atoms with Gasteiger partial charge in [0.1, 0.15) is 10.6 Å². The molecule has 0 bridgehead atoms. The van der Waals surface area contributed by atoms with E-state index >= 15 is 0 Å². The van der Waals surface area contributed by atoms with E-state index in [1.165, 1.54) is 7.05 Å². The van der Waals surface area contributed by atoms with Gasteiger partial charge in [-0.25, -0.2) is 0 Å². The first kappa shape index (κ1) is 21.4. The number of sulfonamides is 1. The minimum Gasteiger partial charge on any atom is -0.477 e. The monoisotopic (exact) mass is 468 g/mol. The zero-order valence-electron chi connectivity index (χ0n) is 18.1. The molecule has 5 rings (SSSR count). The molecule has 172 valence electrons. The van der Waals surface area contributed by atoms with Crippen molar-refractivity contribution in [1.29, 1.82) is 0 Å². The van der Waals surface area contributed by atoms with E-state index < -0.39 is 16.1 Å². The smallest absolute Gasteiger partial charge is 0.285 e. The zero-order chi connectivity index (χ0) is 23.2. The van der Waals surface area contributed by atoms with Crippen LogP contribution in [-0.4, -0.2) is 63.8 Å². The largest absolute Gasteiger partial charge is 0.477 e. The molecule has 2 aromatic carbocycles. The van der Waals surface area contributed by atoms with E-state index in [1.807, 2.05) is 11.0 Å². The maximum Gasteiger partial charge on any atom is 0.285 e. The molecule has 3 heterocycles. The lowest BCUT2D eigenvalue weighted by atomic mass is 9.95. The number of likely N-dealkylation sites (N-methyl/N-ethyl adjacent to an activating group) is 1. The van der Waals surface area contributed by atoms with Crippen LogP contribution in [0, 0.1) is 5.92 Å². The highest BCUT2D eigenvalue weighted by molar-refractivity contribution is 7.90. The van der Waals surface area contributed by atoms with E-state index in [2.05, 4.69) is 9.71 Å². The lowest BCUT2D eigenvalue weighted by Gasteiger charge is -2.39. The van der Waals surface area contributed by atoms with Gasteiger partial charge in [0, 0.05) is 25.7 Å². The van der Waals surface area contributed by atoms with Crippen LogP contribution in [0.1, 0.15) is 18.4 Å². The third-order valence-electron chi connectivity index (χ3n) is 6.26. The third-order valence-corrected chi connectivity index (χ3v) is 7.59. The molecular weight excluding hydrogens is 444 g/mol. The molecule has 1 N–H and O–H groups in total. The van der Waals surface area contributed by atoms with Crippen molar-refractivity contribution in [2.45, 2.75) is 23.8 Å². The Balaban J connectivity index is 1.41. The normalized spacial score (nSPS) is 23.1. The van der Waals surface area contributed by atoms with Crippen molar-refractivity contribution in [3.8, 4) is 5.75 Å². The van der Waals surface area contributed by atoms with E-state index in [0.717, 1.165) is 6.42 Å². The SMILES string of the molecule is CNC(=O)[C@H]1CN(C(=O)[C@@H]2CCCN(C3=NS(=O)(=O)c4ccccc43)C2)c2ccccc2O1. The van der Waals surface area contributed by atoms with Gasteiger partial charge in [-0.05, 0) is 37.1 Å². The van der Waals surface area contributed by atoms with E-state index in [4.69, 9.17) is 4.74 Å². The Kier molecular flexibility index (Phi) is 5.32. The lowest BCUT2D eigenvalue weighted by molar-refractivity contribution is -0.128. The number of piperidine rings is 1. The van der Waals surface area contributed by atoms with Crippen LogP contribution in [0.5, 0.6) is 5.75 Å². The number of amides is 2. The number of hydrogen-bond donors (Lipinski definition) is 1. The Hall–Kier alpha value is -3.40. The van der Waals surface area contributed by atoms with Crippen molar-refractivity contribution in [2.75, 3.05) is 31.6 Å². The molecule has 2 amide bonds. The van der Waals surface area contributed by atoms with Crippen LogP contribution in [0.25, 0.3) is 0 Å². The predicted molar refractivity (Wildman–Crippen MR) is 122 cm³/mol. The van der Waals surface area contributed by atoms with Crippen LogP contribution in [-0.2, 0) is 19.6 Å². The first-order valence-electron chi connectivity index (χ1n) is 10.9. The maximum atomic E-state index is 13.7. The number of nitrogens with zero attached hydrogens (tertiary/aromatic N) is 3. The van der Waals surface area contributed by atoms with Gasteiger partial charge in [0.2, 0.25) is 5.91 Å². The van der Waals surface area contributed by atoms with Gasteiger partial charge in [0.25, 0.3) is 15.9 Å². The second kappa shape index (κ2) is 8.18. The minimum atomic E-state index is -3.73. The van der Waals surface area contributed by atoms with Crippen molar-refractivity contribution in [2.24, 2.45) is 10.3 Å². The van der Waals surface area contributed by atoms with Gasteiger partial charge in [-0.1, -0.05) is 24.3 Å². The maximum absolute atomic E-state index is 13.7. The Bertz CT molecular complexity index is 1260. The summed E-state index contributed by atoms with van der Waals surface area (Å²) in [6.07, 6.45) is 0.591. The quantitative estimate of drug-likeness (QED) is 0.714. The number of para-hydroxylation sites is 2. The molecule has 0 aliphatic carbocycles. The summed E-state index contributed by atoms with van der Waals surface area (Å²) >= 11 is 0. The standard InChI is InChI=1S/C23H24N4O5S/c1-24-22(28)19-14-27(17-9-3-4-10-18(17)32-19)23(29)15-7-6-12-26(13-15)21-16-8-2-5-11-20(16)33(30,31)25-21/h2-5,8-11,15,19H,6-7,12-14H2,1H3,(H,24,28)/t15-,19-/m1/s1. The number of ether oxygens (including phenoxy) is 1. The van der Waals surface area contributed by atoms with Gasteiger partial charge < -0.3 is 19.9 Å². The molecule has 2 atom stereocenters. The minimum absolute atomic E-state index is 0.112. The van der Waals surface area contributed by atoms with Crippen molar-refractivity contribution < 1.29 is 22.7 Å². The molecule has 3 aliphatic heterocycles. The first-order chi connectivity index (χ1) is 15.9. The zero-order valence-corrected chi connectivity index (χ0v) is 18.9. The number of nitrogens with one attached hydrogen (secondary N) is 1. The fraction of sp³-hybridized carbons (Fsp3) is 0.348. The molecule has 1 fully saturated rings. The van der Waals surface area contributed by atoms with Crippen LogP contribution in [0.15, 0.2) is 57.8 Å². The summed E-state index contributed by atoms with van der Waals surface area (Å²) in [7, 11) is -2.20. The van der Waals surface area contributed by atoms with Crippen molar-refractivity contribution in [3.05, 3.63) is 54.1 Å². The van der Waals surface area contributed by atoms with Gasteiger partial charge in [0.05, 0.1) is 18.2 Å². The molecule has 10 heteroatoms. The Morgan fingerprint density at radius 3 is 2.67 bits per heavy atom. The molecule has 0 saturated carbocycles. The number of hydrogen-bond acceptors (Lipinski definition) is 6. The van der Waals surface area contributed by atoms with Gasteiger partial charge in [-0.3, -0.25) is 9.59 Å². The Labute approximate surface area is 192 Å². The van der Waals surface area contributed by atoms with E-state index in [1.54, 1.807) is 47.4 Å². The fourth-order valence-corrected chi connectivity index (χ4v) is 5.88. The summed E-state index contributed by atoms with van der Waals surface area (Å²) < 4.78 is 34.8. The summed E-state index contributed by atoms with van der Waals surface area (Å²) in [5, 5.41) is 2.58. The summed E-state index contributed by atoms with van der Waals surface area (Å²) in [5.41, 5.74) is 1.20. The van der Waals surface area contributed by atoms with E-state index in [-0.39, 0.29) is 29.2 Å². The highest BCUT2D eigenvalue weighted by Crippen LogP contribution is 2.36. The van der Waals surface area contributed by atoms with Crippen LogP contribution < -0.4 is 15.0 Å². The molecule has 9 nitrogen and oxygen atoms in total. The third kappa shape index (κ3) is 3.74. The molecule has 0 spiro atoms. The number of rotatable bonds is 2. The van der Waals surface area contributed by atoms with Crippen molar-refractivity contribution in [3.63, 3.8) is 0 Å². The predicted octanol–water partition coefficient (Wildman–Crippen LogP) is 1.39. The lowest BCUT2D eigenvalue weighted by Crippen LogP contribution is -2.53. The summed E-state index contributed by atoms with van der Waals surface area (Å²) in [5.74, 6) is 0.106. The first-order valence-corrected chi connectivity index (χ1v) is 12.3. The van der Waals surface area contributed by atoms with Crippen LogP contribution in [0.3, 0.4) is 0 Å². The molecule has 0 radical (unpaired) electrons. The number of carbonyl (C=O) groups excluding carboxylic acids is 2. The van der Waals surface area contributed by atoms with Crippen molar-refractivity contribution in [1.82, 2.24) is 10.2 Å². The Morgan fingerprint density at radius 2 is 1.85 bits per heavy atom. The van der Waals surface area contributed by atoms with E-state index in [9.17, 15) is 18.0 Å². The highest BCUT2D eigenvalue weighted by Gasteiger charge is 2.39. The molecular formula is C23H24N4O5S. The van der Waals surface area contributed by atoms with Crippen LogP contribution in [0.4, 0.5) is 5.69 Å². The van der Waals surface area contributed by atoms with Crippen molar-refractivity contribution >= 4 is 33.4 Å². The summed E-state index contributed by atoms with van der Waals surface area (Å²) in [6, 6.07) is 13.9. The number of benzene rings is 2. The average Bonchev–Trinajstić information content (AvgIpc) is 3.13. The second-order valence-corrected chi connectivity index (χ2v) is 9.88. The Morgan fingerprint density at radius 1 is 1.09 bits per heavy atom. The van der Waals surface area contributed by atoms with Gasteiger partial charge >= 0.3 is 0 Å². The molecule has 3 aliphatic rings. The number of fused-ring (bicyclic) bond motifs is 2. The molecule has 0 unspecified atom stereocenters. The number of carbonyl (C=O) groups is 2. The fourth-order valence-electron chi connectivity index (χ4n) is 4.65. The molecule has 1 saturated heterocycles. The number of likely N-dealkylation sites (tertiary alicyclic amines) is 1. The molecule has 33 heavy (non-hydrogen) atoms. The van der Waals surface area contributed by atoms with Crippen LogP contribution >= 0.6 is 0 Å². The summed E-state index contributed by atoms with van der Waals surface area (Å²) in [6.45, 7) is 1.09. The van der Waals surface area contributed by atoms with Gasteiger partial charge in [-0.2, -0.15) is 8.42 Å². The highest BCUT2D eigenvalue weighted by atomic mass is 32.2. The molecule has 2 aromatic rings.